The summed E-state index contributed by atoms with van der Waals surface area (Å²) in [6.07, 6.45) is 2.63. The van der Waals surface area contributed by atoms with E-state index in [1.54, 1.807) is 29.2 Å². The lowest BCUT2D eigenvalue weighted by Crippen LogP contribution is -2.50. The maximum absolute atomic E-state index is 12.7. The van der Waals surface area contributed by atoms with Gasteiger partial charge in [0.05, 0.1) is 17.1 Å². The Morgan fingerprint density at radius 2 is 2.00 bits per heavy atom. The molecule has 152 valence electrons. The molecule has 8 heteroatoms. The summed E-state index contributed by atoms with van der Waals surface area (Å²) in [6.45, 7) is 4.46. The number of aliphatic hydroxyl groups excluding tert-OH is 1. The smallest absolute Gasteiger partial charge is 0.234 e. The number of hydrogen-bond donors (Lipinski definition) is 3. The molecule has 0 atom stereocenters. The van der Waals surface area contributed by atoms with Gasteiger partial charge < -0.3 is 25.5 Å². The number of rotatable bonds is 7. The molecule has 0 aliphatic carbocycles. The van der Waals surface area contributed by atoms with E-state index in [-0.39, 0.29) is 17.5 Å². The maximum atomic E-state index is 12.7. The van der Waals surface area contributed by atoms with Gasteiger partial charge in [-0.15, -0.1) is 0 Å². The molecule has 3 aromatic rings. The number of hydrogen-bond acceptors (Lipinski definition) is 7. The molecular weight excluding hydrogens is 382 g/mol. The van der Waals surface area contributed by atoms with Crippen LogP contribution in [0.1, 0.15) is 16.2 Å². The number of H-pyrrole nitrogens is 1. The molecule has 0 bridgehead atoms. The van der Waals surface area contributed by atoms with Crippen molar-refractivity contribution in [3.63, 3.8) is 0 Å². The first-order chi connectivity index (χ1) is 14.5. The van der Waals surface area contributed by atoms with Gasteiger partial charge in [-0.2, -0.15) is 0 Å². The van der Waals surface area contributed by atoms with E-state index in [2.05, 4.69) is 21.5 Å². The zero-order valence-electron chi connectivity index (χ0n) is 16.2. The van der Waals surface area contributed by atoms with E-state index in [4.69, 9.17) is 10.5 Å². The molecule has 2 aromatic carbocycles. The summed E-state index contributed by atoms with van der Waals surface area (Å²) < 4.78 is 5.71. The highest BCUT2D eigenvalue weighted by Gasteiger charge is 2.28. The molecule has 0 radical (unpaired) electrons. The molecule has 4 rings (SSSR count). The number of aliphatic imine (C=N–C) groups is 1. The number of nitrogens with zero attached hydrogens (tertiary/aromatic N) is 3. The fourth-order valence-electron chi connectivity index (χ4n) is 3.10. The van der Waals surface area contributed by atoms with Crippen LogP contribution in [0.2, 0.25) is 0 Å². The Kier molecular flexibility index (Phi) is 5.32. The SMILES string of the molecule is C=CC=N/C(=C(\N)Oc1ccc(C(=O)c2nc3ccccc3[nH]2)cc1)N1CC(O)C1. The second-order valence-corrected chi connectivity index (χ2v) is 6.82. The minimum absolute atomic E-state index is 0.0939. The third kappa shape index (κ3) is 3.94. The van der Waals surface area contributed by atoms with Gasteiger partial charge in [0.25, 0.3) is 0 Å². The molecular formula is C22H21N5O3. The maximum Gasteiger partial charge on any atom is 0.234 e. The van der Waals surface area contributed by atoms with Crippen molar-refractivity contribution in [2.45, 2.75) is 6.10 Å². The van der Waals surface area contributed by atoms with Crippen LogP contribution in [0, 0.1) is 0 Å². The van der Waals surface area contributed by atoms with Crippen molar-refractivity contribution in [1.29, 1.82) is 0 Å². The predicted octanol–water partition coefficient (Wildman–Crippen LogP) is 2.19. The Hall–Kier alpha value is -3.91. The zero-order valence-corrected chi connectivity index (χ0v) is 16.2. The van der Waals surface area contributed by atoms with Crippen LogP contribution < -0.4 is 10.5 Å². The molecule has 1 aliphatic rings. The van der Waals surface area contributed by atoms with Crippen LogP contribution >= 0.6 is 0 Å². The number of aliphatic hydroxyl groups is 1. The molecule has 0 amide bonds. The second kappa shape index (κ2) is 8.22. The Morgan fingerprint density at radius 3 is 2.67 bits per heavy atom. The molecule has 4 N–H and O–H groups in total. The van der Waals surface area contributed by atoms with Crippen molar-refractivity contribution < 1.29 is 14.6 Å². The number of ketones is 1. The van der Waals surface area contributed by atoms with Crippen LogP contribution in [0.15, 0.2) is 77.9 Å². The first kappa shape index (κ1) is 19.4. The van der Waals surface area contributed by atoms with Gasteiger partial charge in [-0.1, -0.05) is 24.8 Å². The van der Waals surface area contributed by atoms with Crippen molar-refractivity contribution in [3.8, 4) is 5.75 Å². The van der Waals surface area contributed by atoms with Crippen LogP contribution in [-0.2, 0) is 0 Å². The molecule has 30 heavy (non-hydrogen) atoms. The molecule has 1 aliphatic heterocycles. The molecule has 1 saturated heterocycles. The van der Waals surface area contributed by atoms with Crippen molar-refractivity contribution >= 4 is 23.0 Å². The molecule has 0 saturated carbocycles. The van der Waals surface area contributed by atoms with Crippen LogP contribution in [0.5, 0.6) is 5.75 Å². The predicted molar refractivity (Wildman–Crippen MR) is 114 cm³/mol. The minimum atomic E-state index is -0.407. The topological polar surface area (TPSA) is 117 Å². The van der Waals surface area contributed by atoms with Crippen LogP contribution in [-0.4, -0.2) is 51.2 Å². The first-order valence-corrected chi connectivity index (χ1v) is 9.40. The average Bonchev–Trinajstić information content (AvgIpc) is 3.17. The van der Waals surface area contributed by atoms with Gasteiger partial charge in [-0.3, -0.25) is 4.79 Å². The van der Waals surface area contributed by atoms with Crippen molar-refractivity contribution in [1.82, 2.24) is 14.9 Å². The van der Waals surface area contributed by atoms with Gasteiger partial charge in [0.15, 0.2) is 11.6 Å². The highest BCUT2D eigenvalue weighted by molar-refractivity contribution is 6.08. The Morgan fingerprint density at radius 1 is 1.27 bits per heavy atom. The van der Waals surface area contributed by atoms with E-state index in [9.17, 15) is 9.90 Å². The summed E-state index contributed by atoms with van der Waals surface area (Å²) in [5, 5.41) is 9.53. The number of nitrogens with one attached hydrogen (secondary N) is 1. The number of benzene rings is 2. The largest absolute Gasteiger partial charge is 0.438 e. The number of likely N-dealkylation sites (tertiary alicyclic amines) is 1. The lowest BCUT2D eigenvalue weighted by atomic mass is 10.1. The monoisotopic (exact) mass is 403 g/mol. The van der Waals surface area contributed by atoms with Gasteiger partial charge in [0.1, 0.15) is 5.75 Å². The number of β-amino-alcohol motifs (C(OH)–C–C–N with tert-alkyl or cyclic N) is 1. The standard InChI is InChI=1S/C22H21N5O3/c1-2-11-24-22(27-12-15(28)13-27)20(23)30-16-9-7-14(8-10-16)19(29)21-25-17-5-3-4-6-18(17)26-21/h2-11,15,28H,1,12-13,23H2,(H,25,26)/b22-20-,24-11?. The van der Waals surface area contributed by atoms with Gasteiger partial charge in [0.2, 0.25) is 11.7 Å². The fraction of sp³-hybridized carbons (Fsp3) is 0.136. The normalized spacial score (nSPS) is 15.2. The molecule has 1 fully saturated rings. The Labute approximate surface area is 173 Å². The number of allylic oxidation sites excluding steroid dienone is 1. The highest BCUT2D eigenvalue weighted by Crippen LogP contribution is 2.22. The van der Waals surface area contributed by atoms with E-state index in [1.807, 2.05) is 24.3 Å². The average molecular weight is 403 g/mol. The lowest BCUT2D eigenvalue weighted by Gasteiger charge is -2.37. The zero-order chi connectivity index (χ0) is 21.1. The fourth-order valence-corrected chi connectivity index (χ4v) is 3.10. The van der Waals surface area contributed by atoms with Crippen molar-refractivity contribution in [3.05, 3.63) is 84.3 Å². The highest BCUT2D eigenvalue weighted by atomic mass is 16.5. The van der Waals surface area contributed by atoms with Gasteiger partial charge in [0, 0.05) is 24.9 Å². The molecule has 1 aromatic heterocycles. The molecule has 8 nitrogen and oxygen atoms in total. The number of nitrogens with two attached hydrogens (primary N) is 1. The lowest BCUT2D eigenvalue weighted by molar-refractivity contribution is 0.0213. The van der Waals surface area contributed by atoms with E-state index in [0.717, 1.165) is 11.0 Å². The van der Waals surface area contributed by atoms with Crippen LogP contribution in [0.4, 0.5) is 0 Å². The molecule has 2 heterocycles. The van der Waals surface area contributed by atoms with Crippen LogP contribution in [0.25, 0.3) is 11.0 Å². The van der Waals surface area contributed by atoms with E-state index >= 15 is 0 Å². The summed E-state index contributed by atoms with van der Waals surface area (Å²) in [7, 11) is 0. The van der Waals surface area contributed by atoms with E-state index < -0.39 is 6.10 Å². The summed E-state index contributed by atoms with van der Waals surface area (Å²) in [5.41, 5.74) is 8.10. The van der Waals surface area contributed by atoms with E-state index in [1.165, 1.54) is 12.3 Å². The molecule has 0 unspecified atom stereocenters. The van der Waals surface area contributed by atoms with E-state index in [0.29, 0.717) is 30.2 Å². The number of aromatic amines is 1. The number of ether oxygens (including phenoxy) is 1. The number of carbonyl (C=O) groups excluding carboxylic acids is 1. The summed E-state index contributed by atoms with van der Waals surface area (Å²) in [4.78, 5) is 26.1. The van der Waals surface area contributed by atoms with Crippen LogP contribution in [0.3, 0.4) is 0 Å². The Balaban J connectivity index is 1.51. The number of fused-ring (bicyclic) bond motifs is 1. The summed E-state index contributed by atoms with van der Waals surface area (Å²) in [6, 6.07) is 14.1. The first-order valence-electron chi connectivity index (χ1n) is 9.40. The number of aromatic nitrogens is 2. The summed E-state index contributed by atoms with van der Waals surface area (Å²) >= 11 is 0. The quantitative estimate of drug-likeness (QED) is 0.316. The van der Waals surface area contributed by atoms with Gasteiger partial charge in [-0.05, 0) is 36.4 Å². The third-order valence-corrected chi connectivity index (χ3v) is 4.63. The molecule has 0 spiro atoms. The minimum Gasteiger partial charge on any atom is -0.438 e. The summed E-state index contributed by atoms with van der Waals surface area (Å²) in [5.74, 6) is 1.04. The third-order valence-electron chi connectivity index (χ3n) is 4.63. The van der Waals surface area contributed by atoms with Crippen molar-refractivity contribution in [2.75, 3.05) is 13.1 Å². The Bertz CT molecular complexity index is 1110. The van der Waals surface area contributed by atoms with Gasteiger partial charge in [-0.25, -0.2) is 9.98 Å². The van der Waals surface area contributed by atoms with Crippen molar-refractivity contribution in [2.24, 2.45) is 10.7 Å². The second-order valence-electron chi connectivity index (χ2n) is 6.82. The van der Waals surface area contributed by atoms with Gasteiger partial charge >= 0.3 is 0 Å². The number of para-hydroxylation sites is 2. The number of carbonyl (C=O) groups is 1. The number of imidazole rings is 1.